The zero-order valence-corrected chi connectivity index (χ0v) is 11.2. The third-order valence-corrected chi connectivity index (χ3v) is 3.65. The summed E-state index contributed by atoms with van der Waals surface area (Å²) in [7, 11) is 1.63. The van der Waals surface area contributed by atoms with E-state index in [2.05, 4.69) is 9.97 Å². The van der Waals surface area contributed by atoms with Gasteiger partial charge >= 0.3 is 0 Å². The molecule has 1 atom stereocenters. The van der Waals surface area contributed by atoms with Gasteiger partial charge in [0.05, 0.1) is 18.4 Å². The second-order valence-corrected chi connectivity index (χ2v) is 4.89. The maximum absolute atomic E-state index is 12.2. The number of hydrogen-bond donors (Lipinski definition) is 1. The van der Waals surface area contributed by atoms with Crippen molar-refractivity contribution in [2.75, 3.05) is 12.8 Å². The summed E-state index contributed by atoms with van der Waals surface area (Å²) >= 11 is 0. The van der Waals surface area contributed by atoms with Crippen molar-refractivity contribution in [3.8, 4) is 5.75 Å². The first-order chi connectivity index (χ1) is 9.67. The molecule has 5 heteroatoms. The number of hydrogen-bond acceptors (Lipinski definition) is 5. The Bertz CT molecular complexity index is 653. The summed E-state index contributed by atoms with van der Waals surface area (Å²) in [6, 6.07) is 7.80. The van der Waals surface area contributed by atoms with Crippen LogP contribution in [0.15, 0.2) is 30.5 Å². The van der Waals surface area contributed by atoms with Gasteiger partial charge in [0.2, 0.25) is 5.95 Å². The van der Waals surface area contributed by atoms with Crippen LogP contribution < -0.4 is 10.5 Å². The summed E-state index contributed by atoms with van der Waals surface area (Å²) < 4.78 is 5.15. The van der Waals surface area contributed by atoms with Crippen LogP contribution in [0, 0.1) is 0 Å². The van der Waals surface area contributed by atoms with E-state index in [4.69, 9.17) is 10.5 Å². The quantitative estimate of drug-likeness (QED) is 0.902. The molecule has 0 fully saturated rings. The monoisotopic (exact) mass is 269 g/mol. The summed E-state index contributed by atoms with van der Waals surface area (Å²) in [5, 5.41) is 0. The number of anilines is 1. The van der Waals surface area contributed by atoms with Crippen LogP contribution in [0.2, 0.25) is 0 Å². The summed E-state index contributed by atoms with van der Waals surface area (Å²) in [4.78, 5) is 20.2. The fourth-order valence-corrected chi connectivity index (χ4v) is 2.57. The molecule has 5 nitrogen and oxygen atoms in total. The van der Waals surface area contributed by atoms with Crippen LogP contribution in [0.25, 0.3) is 0 Å². The smallest absolute Gasteiger partial charge is 0.220 e. The van der Waals surface area contributed by atoms with Gasteiger partial charge in [-0.15, -0.1) is 0 Å². The summed E-state index contributed by atoms with van der Waals surface area (Å²) in [6.45, 7) is 0. The number of nitrogens with two attached hydrogens (primary N) is 1. The first kappa shape index (κ1) is 12.6. The third kappa shape index (κ3) is 2.22. The minimum absolute atomic E-state index is 0.0760. The molecular formula is C15H15N3O2. The van der Waals surface area contributed by atoms with Crippen molar-refractivity contribution < 1.29 is 9.53 Å². The third-order valence-electron chi connectivity index (χ3n) is 3.65. The molecule has 2 N–H and O–H groups in total. The number of nitrogen functional groups attached to an aromatic ring is 1. The molecule has 1 aliphatic carbocycles. The van der Waals surface area contributed by atoms with E-state index in [1.165, 1.54) is 6.20 Å². The number of aromatic nitrogens is 2. The summed E-state index contributed by atoms with van der Waals surface area (Å²) in [5.41, 5.74) is 8.06. The second-order valence-electron chi connectivity index (χ2n) is 4.89. The van der Waals surface area contributed by atoms with Crippen LogP contribution in [0.4, 0.5) is 5.95 Å². The average Bonchev–Trinajstić information content (AvgIpc) is 2.46. The zero-order valence-electron chi connectivity index (χ0n) is 11.2. The van der Waals surface area contributed by atoms with Crippen LogP contribution in [0.5, 0.6) is 5.75 Å². The number of rotatable bonds is 2. The molecule has 0 amide bonds. The standard InChI is InChI=1S/C15H15N3O2/c1-20-11-4-2-9(3-5-11)10-6-13-12(14(19)7-10)8-17-15(16)18-13/h2-5,8,10H,6-7H2,1H3,(H2,16,17,18)/t10-/m1/s1. The predicted octanol–water partition coefficient (Wildman–Crippen LogP) is 1.98. The molecule has 0 spiro atoms. The van der Waals surface area contributed by atoms with Crippen LogP contribution in [-0.4, -0.2) is 22.9 Å². The maximum atomic E-state index is 12.2. The lowest BCUT2D eigenvalue weighted by atomic mass is 9.82. The van der Waals surface area contributed by atoms with E-state index in [9.17, 15) is 4.79 Å². The van der Waals surface area contributed by atoms with Crippen LogP contribution in [0.3, 0.4) is 0 Å². The van der Waals surface area contributed by atoms with E-state index >= 15 is 0 Å². The highest BCUT2D eigenvalue weighted by Gasteiger charge is 2.27. The van der Waals surface area contributed by atoms with Crippen molar-refractivity contribution in [1.29, 1.82) is 0 Å². The van der Waals surface area contributed by atoms with Gasteiger partial charge in [-0.25, -0.2) is 9.97 Å². The topological polar surface area (TPSA) is 78.1 Å². The molecule has 0 saturated heterocycles. The lowest BCUT2D eigenvalue weighted by Gasteiger charge is -2.23. The zero-order chi connectivity index (χ0) is 14.1. The van der Waals surface area contributed by atoms with Gasteiger partial charge in [-0.3, -0.25) is 4.79 Å². The molecule has 102 valence electrons. The SMILES string of the molecule is COc1ccc([C@H]2CC(=O)c3cnc(N)nc3C2)cc1. The van der Waals surface area contributed by atoms with Gasteiger partial charge in [0.1, 0.15) is 5.75 Å². The Morgan fingerprint density at radius 2 is 2.00 bits per heavy atom. The summed E-state index contributed by atoms with van der Waals surface area (Å²) in [6.07, 6.45) is 2.72. The molecule has 0 radical (unpaired) electrons. The van der Waals surface area contributed by atoms with Crippen molar-refractivity contribution in [3.05, 3.63) is 47.3 Å². The molecule has 0 aliphatic heterocycles. The van der Waals surface area contributed by atoms with E-state index in [1.807, 2.05) is 24.3 Å². The second kappa shape index (κ2) is 4.92. The van der Waals surface area contributed by atoms with Crippen molar-refractivity contribution in [2.24, 2.45) is 0 Å². The van der Waals surface area contributed by atoms with Gasteiger partial charge in [-0.05, 0) is 30.0 Å². The number of ether oxygens (including phenoxy) is 1. The van der Waals surface area contributed by atoms with Crippen molar-refractivity contribution >= 4 is 11.7 Å². The number of fused-ring (bicyclic) bond motifs is 1. The number of ketones is 1. The normalized spacial score (nSPS) is 17.6. The number of Topliss-reactive ketones (excluding diaryl/α,β-unsaturated/α-hetero) is 1. The maximum Gasteiger partial charge on any atom is 0.220 e. The number of carbonyl (C=O) groups excluding carboxylic acids is 1. The average molecular weight is 269 g/mol. The molecule has 2 aromatic rings. The van der Waals surface area contributed by atoms with Crippen LogP contribution in [-0.2, 0) is 6.42 Å². The summed E-state index contributed by atoms with van der Waals surface area (Å²) in [5.74, 6) is 1.23. The highest BCUT2D eigenvalue weighted by Crippen LogP contribution is 2.32. The van der Waals surface area contributed by atoms with E-state index in [0.717, 1.165) is 17.0 Å². The molecule has 0 unspecified atom stereocenters. The number of benzene rings is 1. The molecule has 1 heterocycles. The first-order valence-electron chi connectivity index (χ1n) is 6.46. The fourth-order valence-electron chi connectivity index (χ4n) is 2.57. The molecular weight excluding hydrogens is 254 g/mol. The van der Waals surface area contributed by atoms with Gasteiger partial charge in [0.25, 0.3) is 0 Å². The lowest BCUT2D eigenvalue weighted by Crippen LogP contribution is -2.21. The predicted molar refractivity (Wildman–Crippen MR) is 74.8 cm³/mol. The minimum Gasteiger partial charge on any atom is -0.497 e. The Kier molecular flexibility index (Phi) is 3.10. The lowest BCUT2D eigenvalue weighted by molar-refractivity contribution is 0.0963. The van der Waals surface area contributed by atoms with E-state index in [-0.39, 0.29) is 17.6 Å². The molecule has 3 rings (SSSR count). The van der Waals surface area contributed by atoms with Crippen molar-refractivity contribution in [3.63, 3.8) is 0 Å². The molecule has 1 aromatic carbocycles. The Balaban J connectivity index is 1.91. The van der Waals surface area contributed by atoms with E-state index in [0.29, 0.717) is 18.4 Å². The van der Waals surface area contributed by atoms with Crippen LogP contribution >= 0.6 is 0 Å². The van der Waals surface area contributed by atoms with Gasteiger partial charge in [0, 0.05) is 12.6 Å². The highest BCUT2D eigenvalue weighted by atomic mass is 16.5. The molecule has 0 saturated carbocycles. The first-order valence-corrected chi connectivity index (χ1v) is 6.46. The Morgan fingerprint density at radius 1 is 1.25 bits per heavy atom. The Labute approximate surface area is 116 Å². The highest BCUT2D eigenvalue weighted by molar-refractivity contribution is 5.98. The van der Waals surface area contributed by atoms with Crippen LogP contribution in [0.1, 0.15) is 34.0 Å². The van der Waals surface area contributed by atoms with Gasteiger partial charge in [0.15, 0.2) is 5.78 Å². The Morgan fingerprint density at radius 3 is 2.70 bits per heavy atom. The van der Waals surface area contributed by atoms with Gasteiger partial charge in [-0.2, -0.15) is 0 Å². The molecule has 0 bridgehead atoms. The van der Waals surface area contributed by atoms with Crippen molar-refractivity contribution in [2.45, 2.75) is 18.8 Å². The van der Waals surface area contributed by atoms with E-state index in [1.54, 1.807) is 7.11 Å². The van der Waals surface area contributed by atoms with Crippen molar-refractivity contribution in [1.82, 2.24) is 9.97 Å². The minimum atomic E-state index is 0.0760. The number of carbonyl (C=O) groups is 1. The van der Waals surface area contributed by atoms with Gasteiger partial charge in [-0.1, -0.05) is 12.1 Å². The number of nitrogens with zero attached hydrogens (tertiary/aromatic N) is 2. The van der Waals surface area contributed by atoms with E-state index < -0.39 is 0 Å². The molecule has 20 heavy (non-hydrogen) atoms. The molecule has 1 aliphatic rings. The largest absolute Gasteiger partial charge is 0.497 e. The molecule has 1 aromatic heterocycles. The fraction of sp³-hybridized carbons (Fsp3) is 0.267. The Hall–Kier alpha value is -2.43. The van der Waals surface area contributed by atoms with Gasteiger partial charge < -0.3 is 10.5 Å². The number of methoxy groups -OCH3 is 1.